The molecule has 6 heteroatoms. The lowest BCUT2D eigenvalue weighted by Gasteiger charge is -2.31. The number of nitrogens with zero attached hydrogens (tertiary/aromatic N) is 3. The standard InChI is InChI=1S/C19H26N4OS/c1-12-7-6-9-15(11-12)18-21-22-19(25-14(3)17(20)24)23(18)16-10-5-4-8-13(16)2/h6-7,9,11,13-14,16H,4-5,8,10H2,1-3H3,(H2,20,24)/t13-,14+,16+/m1/s1. The average molecular weight is 359 g/mol. The highest BCUT2D eigenvalue weighted by Crippen LogP contribution is 2.39. The number of amides is 1. The van der Waals surface area contributed by atoms with Crippen LogP contribution in [0, 0.1) is 12.8 Å². The number of hydrogen-bond acceptors (Lipinski definition) is 4. The largest absolute Gasteiger partial charge is 0.369 e. The number of aromatic nitrogens is 3. The molecule has 25 heavy (non-hydrogen) atoms. The van der Waals surface area contributed by atoms with Gasteiger partial charge in [-0.15, -0.1) is 10.2 Å². The van der Waals surface area contributed by atoms with E-state index < -0.39 is 0 Å². The van der Waals surface area contributed by atoms with Gasteiger partial charge in [0, 0.05) is 11.6 Å². The van der Waals surface area contributed by atoms with Crippen molar-refractivity contribution in [1.29, 1.82) is 0 Å². The minimum Gasteiger partial charge on any atom is -0.369 e. The van der Waals surface area contributed by atoms with Gasteiger partial charge in [0.1, 0.15) is 0 Å². The fourth-order valence-electron chi connectivity index (χ4n) is 3.53. The molecule has 0 unspecified atom stereocenters. The summed E-state index contributed by atoms with van der Waals surface area (Å²) >= 11 is 1.41. The van der Waals surface area contributed by atoms with E-state index in [0.29, 0.717) is 12.0 Å². The first-order chi connectivity index (χ1) is 12.0. The maximum absolute atomic E-state index is 11.5. The summed E-state index contributed by atoms with van der Waals surface area (Å²) in [4.78, 5) is 11.5. The molecular formula is C19H26N4OS. The molecule has 1 heterocycles. The van der Waals surface area contributed by atoms with Gasteiger partial charge in [-0.05, 0) is 38.7 Å². The van der Waals surface area contributed by atoms with E-state index in [0.717, 1.165) is 23.0 Å². The van der Waals surface area contributed by atoms with Crippen LogP contribution in [0.1, 0.15) is 51.1 Å². The Kier molecular flexibility index (Phi) is 5.47. The molecule has 0 saturated heterocycles. The molecule has 2 aromatic rings. The van der Waals surface area contributed by atoms with Crippen LogP contribution < -0.4 is 5.73 Å². The van der Waals surface area contributed by atoms with Crippen LogP contribution in [0.3, 0.4) is 0 Å². The van der Waals surface area contributed by atoms with Gasteiger partial charge in [0.2, 0.25) is 5.91 Å². The third kappa shape index (κ3) is 3.89. The van der Waals surface area contributed by atoms with Crippen LogP contribution in [-0.4, -0.2) is 25.9 Å². The highest BCUT2D eigenvalue weighted by atomic mass is 32.2. The van der Waals surface area contributed by atoms with Crippen molar-refractivity contribution in [2.75, 3.05) is 0 Å². The van der Waals surface area contributed by atoms with E-state index in [1.54, 1.807) is 0 Å². The molecule has 134 valence electrons. The molecule has 1 aromatic heterocycles. The first kappa shape index (κ1) is 18.0. The Balaban J connectivity index is 2.05. The molecule has 0 radical (unpaired) electrons. The number of rotatable bonds is 5. The molecule has 2 N–H and O–H groups in total. The molecule has 1 amide bonds. The predicted molar refractivity (Wildman–Crippen MR) is 101 cm³/mol. The third-order valence-corrected chi connectivity index (χ3v) is 6.10. The lowest BCUT2D eigenvalue weighted by atomic mass is 9.85. The summed E-state index contributed by atoms with van der Waals surface area (Å²) < 4.78 is 2.25. The fourth-order valence-corrected chi connectivity index (χ4v) is 4.39. The topological polar surface area (TPSA) is 73.8 Å². The Labute approximate surface area is 153 Å². The Morgan fingerprint density at radius 2 is 2.08 bits per heavy atom. The van der Waals surface area contributed by atoms with E-state index in [4.69, 9.17) is 5.73 Å². The van der Waals surface area contributed by atoms with Gasteiger partial charge >= 0.3 is 0 Å². The van der Waals surface area contributed by atoms with Gasteiger partial charge in [0.05, 0.1) is 5.25 Å². The van der Waals surface area contributed by atoms with Gasteiger partial charge in [-0.3, -0.25) is 9.36 Å². The van der Waals surface area contributed by atoms with Crippen LogP contribution in [0.2, 0.25) is 0 Å². The van der Waals surface area contributed by atoms with Crippen LogP contribution in [0.25, 0.3) is 11.4 Å². The van der Waals surface area contributed by atoms with Gasteiger partial charge in [-0.1, -0.05) is 55.3 Å². The van der Waals surface area contributed by atoms with Crippen molar-refractivity contribution in [3.8, 4) is 11.4 Å². The molecule has 0 aliphatic heterocycles. The normalized spacial score (nSPS) is 21.9. The molecular weight excluding hydrogens is 332 g/mol. The van der Waals surface area contributed by atoms with Crippen molar-refractivity contribution < 1.29 is 4.79 Å². The molecule has 1 aliphatic rings. The number of nitrogens with two attached hydrogens (primary N) is 1. The van der Waals surface area contributed by atoms with E-state index >= 15 is 0 Å². The molecule has 5 nitrogen and oxygen atoms in total. The SMILES string of the molecule is Cc1cccc(-c2nnc(S[C@@H](C)C(N)=O)n2[C@H]2CCCC[C@H]2C)c1. The van der Waals surface area contributed by atoms with Crippen LogP contribution in [-0.2, 0) is 4.79 Å². The monoisotopic (exact) mass is 358 g/mol. The Bertz CT molecular complexity index is 758. The van der Waals surface area contributed by atoms with Gasteiger partial charge in [0.25, 0.3) is 0 Å². The Hall–Kier alpha value is -1.82. The Morgan fingerprint density at radius 3 is 2.76 bits per heavy atom. The fraction of sp³-hybridized carbons (Fsp3) is 0.526. The zero-order valence-electron chi connectivity index (χ0n) is 15.1. The summed E-state index contributed by atoms with van der Waals surface area (Å²) in [6, 6.07) is 8.71. The summed E-state index contributed by atoms with van der Waals surface area (Å²) in [5.74, 6) is 1.13. The van der Waals surface area contributed by atoms with Crippen molar-refractivity contribution in [1.82, 2.24) is 14.8 Å². The number of carbonyl (C=O) groups is 1. The molecule has 1 aliphatic carbocycles. The van der Waals surface area contributed by atoms with E-state index in [1.807, 2.05) is 13.0 Å². The van der Waals surface area contributed by atoms with Crippen molar-refractivity contribution >= 4 is 17.7 Å². The van der Waals surface area contributed by atoms with Gasteiger partial charge in [-0.2, -0.15) is 0 Å². The lowest BCUT2D eigenvalue weighted by Crippen LogP contribution is -2.25. The van der Waals surface area contributed by atoms with Crippen molar-refractivity contribution in [3.63, 3.8) is 0 Å². The first-order valence-electron chi connectivity index (χ1n) is 8.95. The van der Waals surface area contributed by atoms with Crippen LogP contribution in [0.15, 0.2) is 29.4 Å². The predicted octanol–water partition coefficient (Wildman–Crippen LogP) is 3.97. The number of primary amides is 1. The number of thioether (sulfide) groups is 1. The molecule has 1 aromatic carbocycles. The average Bonchev–Trinajstić information content (AvgIpc) is 2.98. The van der Waals surface area contributed by atoms with Gasteiger partial charge < -0.3 is 5.73 Å². The van der Waals surface area contributed by atoms with Crippen molar-refractivity contribution in [2.24, 2.45) is 11.7 Å². The highest BCUT2D eigenvalue weighted by molar-refractivity contribution is 8.00. The lowest BCUT2D eigenvalue weighted by molar-refractivity contribution is -0.117. The molecule has 3 rings (SSSR count). The summed E-state index contributed by atoms with van der Waals surface area (Å²) in [7, 11) is 0. The quantitative estimate of drug-likeness (QED) is 0.821. The second-order valence-corrected chi connectivity index (χ2v) is 8.35. The number of hydrogen-bond donors (Lipinski definition) is 1. The molecule has 1 fully saturated rings. The van der Waals surface area contributed by atoms with Crippen molar-refractivity contribution in [2.45, 2.75) is 62.9 Å². The van der Waals surface area contributed by atoms with Crippen LogP contribution in [0.4, 0.5) is 0 Å². The van der Waals surface area contributed by atoms with Crippen LogP contribution >= 0.6 is 11.8 Å². The third-order valence-electron chi connectivity index (χ3n) is 5.02. The summed E-state index contributed by atoms with van der Waals surface area (Å²) in [6.07, 6.45) is 4.83. The van der Waals surface area contributed by atoms with E-state index in [9.17, 15) is 4.79 Å². The summed E-state index contributed by atoms with van der Waals surface area (Å²) in [5.41, 5.74) is 7.73. The zero-order chi connectivity index (χ0) is 18.0. The van der Waals surface area contributed by atoms with Gasteiger partial charge in [0.15, 0.2) is 11.0 Å². The minimum absolute atomic E-state index is 0.326. The molecule has 0 bridgehead atoms. The van der Waals surface area contributed by atoms with E-state index in [-0.39, 0.29) is 11.2 Å². The summed E-state index contributed by atoms with van der Waals surface area (Å²) in [6.45, 7) is 6.21. The highest BCUT2D eigenvalue weighted by Gasteiger charge is 2.29. The van der Waals surface area contributed by atoms with E-state index in [1.165, 1.54) is 36.6 Å². The van der Waals surface area contributed by atoms with Crippen molar-refractivity contribution in [3.05, 3.63) is 29.8 Å². The van der Waals surface area contributed by atoms with Crippen LogP contribution in [0.5, 0.6) is 0 Å². The smallest absolute Gasteiger partial charge is 0.230 e. The second-order valence-electron chi connectivity index (χ2n) is 7.04. The molecule has 3 atom stereocenters. The molecule has 0 spiro atoms. The minimum atomic E-state index is -0.327. The Morgan fingerprint density at radius 1 is 1.32 bits per heavy atom. The zero-order valence-corrected chi connectivity index (χ0v) is 15.9. The summed E-state index contributed by atoms with van der Waals surface area (Å²) in [5, 5.41) is 9.38. The number of carbonyl (C=O) groups excluding carboxylic acids is 1. The first-order valence-corrected chi connectivity index (χ1v) is 9.83. The number of aryl methyl sites for hydroxylation is 1. The maximum Gasteiger partial charge on any atom is 0.230 e. The molecule has 1 saturated carbocycles. The van der Waals surface area contributed by atoms with E-state index in [2.05, 4.69) is 46.8 Å². The number of benzene rings is 1. The maximum atomic E-state index is 11.5. The second kappa shape index (κ2) is 7.60. The van der Waals surface area contributed by atoms with Gasteiger partial charge in [-0.25, -0.2) is 0 Å².